The number of benzene rings is 2. The Hall–Kier alpha value is -3.48. The molecular weight excluding hydrogens is 366 g/mol. The SMILES string of the molecule is Cc1nnc(N/N=C/c2ccc(OCc3ccc(C(C)(C)C)cc3)cc2)[nH]c1=O. The molecule has 0 amide bonds. The molecule has 0 spiro atoms. The van der Waals surface area contributed by atoms with E-state index in [1.54, 1.807) is 13.1 Å². The molecule has 3 aromatic rings. The number of ether oxygens (including phenoxy) is 1. The Morgan fingerprint density at radius 1 is 1.07 bits per heavy atom. The first kappa shape index (κ1) is 20.3. The Balaban J connectivity index is 1.53. The highest BCUT2D eigenvalue weighted by Crippen LogP contribution is 2.22. The van der Waals surface area contributed by atoms with Crippen LogP contribution in [0.4, 0.5) is 5.95 Å². The second-order valence-electron chi connectivity index (χ2n) is 7.76. The van der Waals surface area contributed by atoms with Crippen molar-refractivity contribution in [1.29, 1.82) is 0 Å². The summed E-state index contributed by atoms with van der Waals surface area (Å²) in [5.41, 5.74) is 6.11. The van der Waals surface area contributed by atoms with Crippen molar-refractivity contribution in [2.45, 2.75) is 39.7 Å². The van der Waals surface area contributed by atoms with Gasteiger partial charge in [0, 0.05) is 0 Å². The van der Waals surface area contributed by atoms with Crippen LogP contribution in [0.25, 0.3) is 0 Å². The monoisotopic (exact) mass is 391 g/mol. The van der Waals surface area contributed by atoms with Gasteiger partial charge in [0.05, 0.1) is 6.21 Å². The van der Waals surface area contributed by atoms with Gasteiger partial charge in [0.25, 0.3) is 5.56 Å². The van der Waals surface area contributed by atoms with Crippen molar-refractivity contribution < 1.29 is 4.74 Å². The lowest BCUT2D eigenvalue weighted by Crippen LogP contribution is -2.15. The van der Waals surface area contributed by atoms with Gasteiger partial charge in [-0.3, -0.25) is 9.78 Å². The average molecular weight is 391 g/mol. The standard InChI is InChI=1S/C22H25N5O2/c1-15-20(28)24-21(27-25-15)26-23-13-16-7-11-19(12-8-16)29-14-17-5-9-18(10-6-17)22(2,3)4/h5-13H,14H2,1-4H3,(H2,24,26,27,28)/b23-13+. The first-order valence-electron chi connectivity index (χ1n) is 9.36. The summed E-state index contributed by atoms with van der Waals surface area (Å²) in [6.07, 6.45) is 1.62. The maximum atomic E-state index is 11.5. The maximum absolute atomic E-state index is 11.5. The van der Waals surface area contributed by atoms with Gasteiger partial charge < -0.3 is 4.74 Å². The number of hydrogen-bond donors (Lipinski definition) is 2. The largest absolute Gasteiger partial charge is 0.489 e. The van der Waals surface area contributed by atoms with E-state index in [9.17, 15) is 4.79 Å². The van der Waals surface area contributed by atoms with Gasteiger partial charge in [-0.05, 0) is 53.3 Å². The molecule has 7 heteroatoms. The van der Waals surface area contributed by atoms with E-state index >= 15 is 0 Å². The van der Waals surface area contributed by atoms with E-state index in [1.807, 2.05) is 24.3 Å². The number of nitrogens with one attached hydrogen (secondary N) is 2. The Kier molecular flexibility index (Phi) is 6.07. The Morgan fingerprint density at radius 2 is 1.76 bits per heavy atom. The smallest absolute Gasteiger partial charge is 0.274 e. The van der Waals surface area contributed by atoms with Crippen LogP contribution in [0, 0.1) is 6.92 Å². The predicted octanol–water partition coefficient (Wildman–Crippen LogP) is 3.80. The van der Waals surface area contributed by atoms with E-state index in [4.69, 9.17) is 4.74 Å². The van der Waals surface area contributed by atoms with Gasteiger partial charge in [-0.15, -0.1) is 10.2 Å². The molecule has 2 aromatic carbocycles. The summed E-state index contributed by atoms with van der Waals surface area (Å²) in [6, 6.07) is 16.1. The zero-order valence-corrected chi connectivity index (χ0v) is 17.1. The predicted molar refractivity (Wildman–Crippen MR) is 115 cm³/mol. The van der Waals surface area contributed by atoms with Crippen LogP contribution in [0.1, 0.15) is 43.2 Å². The number of nitrogens with zero attached hydrogens (tertiary/aromatic N) is 3. The zero-order chi connectivity index (χ0) is 20.9. The van der Waals surface area contributed by atoms with Gasteiger partial charge in [-0.2, -0.15) is 5.10 Å². The van der Waals surface area contributed by atoms with Crippen molar-refractivity contribution in [3.8, 4) is 5.75 Å². The van der Waals surface area contributed by atoms with Crippen molar-refractivity contribution in [1.82, 2.24) is 15.2 Å². The van der Waals surface area contributed by atoms with Crippen LogP contribution >= 0.6 is 0 Å². The van der Waals surface area contributed by atoms with E-state index < -0.39 is 0 Å². The summed E-state index contributed by atoms with van der Waals surface area (Å²) in [4.78, 5) is 14.0. The molecule has 0 bridgehead atoms. The molecule has 0 aliphatic heterocycles. The Labute approximate surface area is 169 Å². The third kappa shape index (κ3) is 5.75. The number of hydrazone groups is 1. The Morgan fingerprint density at radius 3 is 2.38 bits per heavy atom. The number of rotatable bonds is 6. The minimum Gasteiger partial charge on any atom is -0.489 e. The minimum atomic E-state index is -0.299. The molecule has 0 aliphatic rings. The zero-order valence-electron chi connectivity index (χ0n) is 17.1. The lowest BCUT2D eigenvalue weighted by atomic mass is 9.87. The number of aromatic nitrogens is 3. The summed E-state index contributed by atoms with van der Waals surface area (Å²) in [5.74, 6) is 0.970. The van der Waals surface area contributed by atoms with Crippen LogP contribution < -0.4 is 15.7 Å². The Bertz CT molecular complexity index is 1030. The van der Waals surface area contributed by atoms with Crippen molar-refractivity contribution in [2.24, 2.45) is 5.10 Å². The highest BCUT2D eigenvalue weighted by molar-refractivity contribution is 5.80. The fourth-order valence-corrected chi connectivity index (χ4v) is 2.53. The lowest BCUT2D eigenvalue weighted by Gasteiger charge is -2.19. The van der Waals surface area contributed by atoms with Gasteiger partial charge >= 0.3 is 0 Å². The topological polar surface area (TPSA) is 92.3 Å². The molecule has 0 saturated heterocycles. The molecule has 3 rings (SSSR count). The minimum absolute atomic E-state index is 0.146. The van der Waals surface area contributed by atoms with Crippen LogP contribution in [0.2, 0.25) is 0 Å². The second kappa shape index (κ2) is 8.68. The van der Waals surface area contributed by atoms with E-state index in [1.165, 1.54) is 5.56 Å². The van der Waals surface area contributed by atoms with Crippen LogP contribution in [0.3, 0.4) is 0 Å². The third-order valence-corrected chi connectivity index (χ3v) is 4.35. The van der Waals surface area contributed by atoms with Gasteiger partial charge in [-0.1, -0.05) is 45.0 Å². The van der Waals surface area contributed by atoms with Crippen LogP contribution in [0.15, 0.2) is 58.4 Å². The van der Waals surface area contributed by atoms with E-state index in [2.05, 4.69) is 70.7 Å². The van der Waals surface area contributed by atoms with Gasteiger partial charge in [-0.25, -0.2) is 5.43 Å². The molecular formula is C22H25N5O2. The van der Waals surface area contributed by atoms with E-state index in [0.29, 0.717) is 12.3 Å². The van der Waals surface area contributed by atoms with Crippen molar-refractivity contribution in [3.05, 3.63) is 81.3 Å². The number of hydrogen-bond acceptors (Lipinski definition) is 6. The molecule has 1 heterocycles. The summed E-state index contributed by atoms with van der Waals surface area (Å²) in [7, 11) is 0. The first-order chi connectivity index (χ1) is 13.8. The highest BCUT2D eigenvalue weighted by Gasteiger charge is 2.12. The van der Waals surface area contributed by atoms with E-state index in [0.717, 1.165) is 16.9 Å². The van der Waals surface area contributed by atoms with Crippen molar-refractivity contribution >= 4 is 12.2 Å². The van der Waals surface area contributed by atoms with Gasteiger partial charge in [0.1, 0.15) is 18.1 Å². The van der Waals surface area contributed by atoms with Crippen molar-refractivity contribution in [2.75, 3.05) is 5.43 Å². The van der Waals surface area contributed by atoms with Crippen LogP contribution in [-0.4, -0.2) is 21.4 Å². The molecule has 7 nitrogen and oxygen atoms in total. The quantitative estimate of drug-likeness (QED) is 0.493. The summed E-state index contributed by atoms with van der Waals surface area (Å²) in [6.45, 7) is 8.70. The number of anilines is 1. The van der Waals surface area contributed by atoms with Crippen LogP contribution in [-0.2, 0) is 12.0 Å². The number of H-pyrrole nitrogens is 1. The maximum Gasteiger partial charge on any atom is 0.274 e. The molecule has 0 fully saturated rings. The lowest BCUT2D eigenvalue weighted by molar-refractivity contribution is 0.306. The van der Waals surface area contributed by atoms with Gasteiger partial charge in [0.15, 0.2) is 0 Å². The molecule has 29 heavy (non-hydrogen) atoms. The van der Waals surface area contributed by atoms with Crippen LogP contribution in [0.5, 0.6) is 5.75 Å². The second-order valence-corrected chi connectivity index (χ2v) is 7.76. The molecule has 0 unspecified atom stereocenters. The molecule has 0 saturated carbocycles. The van der Waals surface area contributed by atoms with Gasteiger partial charge in [0.2, 0.25) is 5.95 Å². The molecule has 150 valence electrons. The summed E-state index contributed by atoms with van der Waals surface area (Å²) >= 11 is 0. The molecule has 2 N–H and O–H groups in total. The van der Waals surface area contributed by atoms with E-state index in [-0.39, 0.29) is 16.9 Å². The molecule has 0 radical (unpaired) electrons. The first-order valence-corrected chi connectivity index (χ1v) is 9.36. The molecule has 0 aliphatic carbocycles. The summed E-state index contributed by atoms with van der Waals surface area (Å²) < 4.78 is 5.85. The fourth-order valence-electron chi connectivity index (χ4n) is 2.53. The number of aromatic amines is 1. The van der Waals surface area contributed by atoms with Crippen molar-refractivity contribution in [3.63, 3.8) is 0 Å². The third-order valence-electron chi connectivity index (χ3n) is 4.35. The summed E-state index contributed by atoms with van der Waals surface area (Å²) in [5, 5.41) is 11.6. The molecule has 0 atom stereocenters. The normalized spacial score (nSPS) is 11.6. The number of aryl methyl sites for hydroxylation is 1. The fraction of sp³-hybridized carbons (Fsp3) is 0.273. The molecule has 1 aromatic heterocycles. The average Bonchev–Trinajstić information content (AvgIpc) is 2.70. The highest BCUT2D eigenvalue weighted by atomic mass is 16.5.